The van der Waals surface area contributed by atoms with Crippen molar-refractivity contribution in [1.82, 2.24) is 20.1 Å². The first kappa shape index (κ1) is 21.8. The Balaban J connectivity index is 1.78. The molecule has 3 rings (SSSR count). The van der Waals surface area contributed by atoms with Crippen molar-refractivity contribution in [2.75, 3.05) is 17.6 Å². The summed E-state index contributed by atoms with van der Waals surface area (Å²) in [7, 11) is 1.70. The number of aryl methyl sites for hydroxylation is 1. The van der Waals surface area contributed by atoms with E-state index < -0.39 is 18.6 Å². The van der Waals surface area contributed by atoms with Crippen molar-refractivity contribution in [3.8, 4) is 11.4 Å². The first-order chi connectivity index (χ1) is 14.6. The van der Waals surface area contributed by atoms with Gasteiger partial charge in [-0.15, -0.1) is 5.10 Å². The van der Waals surface area contributed by atoms with Gasteiger partial charge in [-0.25, -0.2) is 4.68 Å². The Kier molecular flexibility index (Phi) is 5.95. The molecule has 0 spiro atoms. The van der Waals surface area contributed by atoms with Gasteiger partial charge in [-0.05, 0) is 36.8 Å². The maximum atomic E-state index is 12.2. The zero-order chi connectivity index (χ0) is 22.8. The lowest BCUT2D eigenvalue weighted by Crippen LogP contribution is -2.33. The van der Waals surface area contributed by atoms with Crippen LogP contribution < -0.4 is 16.4 Å². The molecule has 0 aliphatic carbocycles. The van der Waals surface area contributed by atoms with Crippen LogP contribution in [0.4, 0.5) is 30.5 Å². The van der Waals surface area contributed by atoms with Gasteiger partial charge in [0.1, 0.15) is 6.54 Å². The van der Waals surface area contributed by atoms with E-state index in [0.29, 0.717) is 34.3 Å². The van der Waals surface area contributed by atoms with Gasteiger partial charge < -0.3 is 21.8 Å². The molecular weight excluding hydrogens is 411 g/mol. The second-order valence-corrected chi connectivity index (χ2v) is 6.77. The van der Waals surface area contributed by atoms with Crippen molar-refractivity contribution in [2.24, 2.45) is 7.05 Å². The Bertz CT molecular complexity index is 1120. The molecule has 5 N–H and O–H groups in total. The molecule has 3 aromatic rings. The zero-order valence-electron chi connectivity index (χ0n) is 16.7. The molecule has 31 heavy (non-hydrogen) atoms. The summed E-state index contributed by atoms with van der Waals surface area (Å²) in [5.74, 6) is -0.0144. The maximum absolute atomic E-state index is 12.2. The number of aromatic nitrogens is 3. The molecule has 0 aliphatic rings. The molecular formula is C20H20F3N7O. The fourth-order valence-corrected chi connectivity index (χ4v) is 2.87. The highest BCUT2D eigenvalue weighted by atomic mass is 19.4. The summed E-state index contributed by atoms with van der Waals surface area (Å²) in [5, 5.41) is 16.8. The van der Waals surface area contributed by atoms with Crippen LogP contribution >= 0.6 is 0 Å². The normalized spacial score (nSPS) is 11.3. The van der Waals surface area contributed by atoms with Crippen molar-refractivity contribution in [2.45, 2.75) is 13.1 Å². The van der Waals surface area contributed by atoms with Gasteiger partial charge in [0.15, 0.2) is 5.82 Å². The minimum Gasteiger partial charge on any atom is -0.398 e. The largest absolute Gasteiger partial charge is 0.405 e. The fourth-order valence-electron chi connectivity index (χ4n) is 2.87. The fraction of sp³-hybridized carbons (Fsp3) is 0.200. The lowest BCUT2D eigenvalue weighted by atomic mass is 10.1. The van der Waals surface area contributed by atoms with Crippen LogP contribution in [0, 0.1) is 12.3 Å². The maximum Gasteiger partial charge on any atom is 0.405 e. The predicted octanol–water partition coefficient (Wildman–Crippen LogP) is 3.41. The minimum absolute atomic E-state index is 0.0963. The van der Waals surface area contributed by atoms with E-state index in [9.17, 15) is 18.0 Å². The third-order valence-electron chi connectivity index (χ3n) is 4.56. The molecule has 0 bridgehead atoms. The highest BCUT2D eigenvalue weighted by Gasteiger charge is 2.27. The van der Waals surface area contributed by atoms with Crippen molar-refractivity contribution >= 4 is 29.4 Å². The molecule has 0 atom stereocenters. The molecule has 0 fully saturated rings. The highest BCUT2D eigenvalue weighted by molar-refractivity contribution is 5.94. The number of rotatable bonds is 6. The standard InChI is InChI=1S/C20H20F3N7O/c1-11-14(9-24)15(25)7-8-16(11)27-19-28-17(29-30(19)2)12-3-5-13(6-4-12)18(31)26-10-20(21,22)23/h3-9,24H,10,25H2,1-2H3,(H,26,31)(H,27,28,29). The average Bonchev–Trinajstić information content (AvgIpc) is 3.08. The van der Waals surface area contributed by atoms with Crippen molar-refractivity contribution in [3.63, 3.8) is 0 Å². The quantitative estimate of drug-likeness (QED) is 0.352. The molecule has 1 aromatic heterocycles. The van der Waals surface area contributed by atoms with Gasteiger partial charge in [0, 0.05) is 41.3 Å². The molecule has 0 saturated heterocycles. The van der Waals surface area contributed by atoms with E-state index in [1.807, 2.05) is 12.2 Å². The molecule has 11 heteroatoms. The van der Waals surface area contributed by atoms with E-state index in [1.165, 1.54) is 23.0 Å². The lowest BCUT2D eigenvalue weighted by Gasteiger charge is -2.12. The van der Waals surface area contributed by atoms with Crippen LogP contribution in [0.2, 0.25) is 0 Å². The van der Waals surface area contributed by atoms with Gasteiger partial charge in [-0.1, -0.05) is 12.1 Å². The number of anilines is 3. The molecule has 0 aliphatic heterocycles. The van der Waals surface area contributed by atoms with Gasteiger partial charge in [-0.2, -0.15) is 18.2 Å². The van der Waals surface area contributed by atoms with Crippen LogP contribution in [0.15, 0.2) is 36.4 Å². The summed E-state index contributed by atoms with van der Waals surface area (Å²) in [6, 6.07) is 9.40. The van der Waals surface area contributed by atoms with E-state index in [-0.39, 0.29) is 5.56 Å². The van der Waals surface area contributed by atoms with Crippen LogP contribution in [-0.2, 0) is 7.05 Å². The van der Waals surface area contributed by atoms with Crippen molar-refractivity contribution < 1.29 is 18.0 Å². The molecule has 8 nitrogen and oxygen atoms in total. The van der Waals surface area contributed by atoms with Crippen molar-refractivity contribution in [3.05, 3.63) is 53.1 Å². The number of benzene rings is 2. The van der Waals surface area contributed by atoms with E-state index in [1.54, 1.807) is 31.3 Å². The Morgan fingerprint density at radius 1 is 1.23 bits per heavy atom. The van der Waals surface area contributed by atoms with Gasteiger partial charge in [0.2, 0.25) is 5.95 Å². The number of hydrogen-bond donors (Lipinski definition) is 4. The molecule has 0 saturated carbocycles. The third-order valence-corrected chi connectivity index (χ3v) is 4.56. The molecule has 1 amide bonds. The first-order valence-electron chi connectivity index (χ1n) is 9.12. The first-order valence-corrected chi connectivity index (χ1v) is 9.12. The molecule has 0 unspecified atom stereocenters. The van der Waals surface area contributed by atoms with Crippen LogP contribution in [-0.4, -0.2) is 39.6 Å². The molecule has 162 valence electrons. The summed E-state index contributed by atoms with van der Waals surface area (Å²) in [4.78, 5) is 16.3. The number of carbonyl (C=O) groups is 1. The summed E-state index contributed by atoms with van der Waals surface area (Å²) in [6.45, 7) is 0.438. The average molecular weight is 431 g/mol. The minimum atomic E-state index is -4.47. The smallest absolute Gasteiger partial charge is 0.398 e. The molecule has 1 heterocycles. The zero-order valence-corrected chi connectivity index (χ0v) is 16.7. The van der Waals surface area contributed by atoms with Crippen LogP contribution in [0.25, 0.3) is 11.4 Å². The number of nitrogens with zero attached hydrogens (tertiary/aromatic N) is 3. The Morgan fingerprint density at radius 2 is 1.90 bits per heavy atom. The second kappa shape index (κ2) is 8.46. The number of hydrogen-bond acceptors (Lipinski definition) is 6. The predicted molar refractivity (Wildman–Crippen MR) is 112 cm³/mol. The van der Waals surface area contributed by atoms with Crippen LogP contribution in [0.1, 0.15) is 21.5 Å². The Hall–Kier alpha value is -3.89. The number of alkyl halides is 3. The van der Waals surface area contributed by atoms with Gasteiger partial charge in [0.25, 0.3) is 5.91 Å². The van der Waals surface area contributed by atoms with Crippen LogP contribution in [0.3, 0.4) is 0 Å². The Labute approximate surface area is 175 Å². The summed E-state index contributed by atoms with van der Waals surface area (Å²) < 4.78 is 38.3. The topological polar surface area (TPSA) is 122 Å². The highest BCUT2D eigenvalue weighted by Crippen LogP contribution is 2.26. The van der Waals surface area contributed by atoms with E-state index >= 15 is 0 Å². The SMILES string of the molecule is Cc1c(Nc2nc(-c3ccc(C(=O)NCC(F)(F)F)cc3)nn2C)ccc(N)c1C=N. The number of halogens is 3. The van der Waals surface area contributed by atoms with Gasteiger partial charge >= 0.3 is 6.18 Å². The number of nitrogens with one attached hydrogen (secondary N) is 3. The third kappa shape index (κ3) is 5.00. The van der Waals surface area contributed by atoms with Gasteiger partial charge in [0.05, 0.1) is 0 Å². The molecule has 2 aromatic carbocycles. The summed E-state index contributed by atoms with van der Waals surface area (Å²) >= 11 is 0. The lowest BCUT2D eigenvalue weighted by molar-refractivity contribution is -0.123. The van der Waals surface area contributed by atoms with E-state index in [2.05, 4.69) is 15.4 Å². The van der Waals surface area contributed by atoms with E-state index in [4.69, 9.17) is 11.1 Å². The second-order valence-electron chi connectivity index (χ2n) is 6.77. The van der Waals surface area contributed by atoms with Gasteiger partial charge in [-0.3, -0.25) is 4.79 Å². The number of carbonyl (C=O) groups excluding carboxylic acids is 1. The Morgan fingerprint density at radius 3 is 2.52 bits per heavy atom. The van der Waals surface area contributed by atoms with Crippen LogP contribution in [0.5, 0.6) is 0 Å². The number of nitrogens with two attached hydrogens (primary N) is 1. The van der Waals surface area contributed by atoms with E-state index in [0.717, 1.165) is 5.56 Å². The molecule has 0 radical (unpaired) electrons. The number of amides is 1. The summed E-state index contributed by atoms with van der Waals surface area (Å²) in [6.07, 6.45) is -3.29. The summed E-state index contributed by atoms with van der Waals surface area (Å²) in [5.41, 5.74) is 9.17. The number of nitrogen functional groups attached to an aromatic ring is 1. The monoisotopic (exact) mass is 431 g/mol. The van der Waals surface area contributed by atoms with Crippen molar-refractivity contribution in [1.29, 1.82) is 5.41 Å².